The fourth-order valence-corrected chi connectivity index (χ4v) is 3.56. The van der Waals surface area contributed by atoms with Gasteiger partial charge < -0.3 is 4.74 Å². The normalized spacial score (nSPS) is 24.4. The fourth-order valence-electron chi connectivity index (χ4n) is 3.56. The smallest absolute Gasteiger partial charge is 0.119 e. The summed E-state index contributed by atoms with van der Waals surface area (Å²) in [6.45, 7) is 2.28. The van der Waals surface area contributed by atoms with Crippen molar-refractivity contribution < 1.29 is 4.74 Å². The van der Waals surface area contributed by atoms with Crippen LogP contribution in [0.25, 0.3) is 0 Å². The highest BCUT2D eigenvalue weighted by Gasteiger charge is 2.27. The van der Waals surface area contributed by atoms with Crippen LogP contribution in [0.4, 0.5) is 0 Å². The molecule has 1 fully saturated rings. The van der Waals surface area contributed by atoms with E-state index in [1.54, 1.807) is 7.11 Å². The second-order valence-corrected chi connectivity index (χ2v) is 5.99. The van der Waals surface area contributed by atoms with Gasteiger partial charge in [0.15, 0.2) is 0 Å². The molecule has 0 amide bonds. The van der Waals surface area contributed by atoms with E-state index in [1.165, 1.54) is 44.1 Å². The van der Waals surface area contributed by atoms with Crippen LogP contribution in [0, 0.1) is 11.8 Å². The minimum absolute atomic E-state index is 0.243. The maximum absolute atomic E-state index is 5.83. The number of methoxy groups -OCH3 is 1. The maximum atomic E-state index is 5.83. The van der Waals surface area contributed by atoms with Crippen molar-refractivity contribution in [1.29, 1.82) is 0 Å². The Bertz CT molecular complexity index is 400. The van der Waals surface area contributed by atoms with E-state index in [-0.39, 0.29) is 6.04 Å². The van der Waals surface area contributed by atoms with Gasteiger partial charge in [-0.2, -0.15) is 0 Å². The van der Waals surface area contributed by atoms with E-state index in [4.69, 9.17) is 10.6 Å². The predicted molar refractivity (Wildman–Crippen MR) is 83.4 cm³/mol. The van der Waals surface area contributed by atoms with Gasteiger partial charge in [-0.1, -0.05) is 44.7 Å². The molecule has 3 nitrogen and oxygen atoms in total. The SMILES string of the molecule is CCCC1CCC(C(NN)c2cccc(OC)c2)CC1. The molecule has 1 aliphatic carbocycles. The summed E-state index contributed by atoms with van der Waals surface area (Å²) < 4.78 is 5.32. The average molecular weight is 276 g/mol. The number of ether oxygens (including phenoxy) is 1. The molecule has 1 saturated carbocycles. The van der Waals surface area contributed by atoms with Crippen molar-refractivity contribution in [2.75, 3.05) is 7.11 Å². The Hall–Kier alpha value is -1.06. The molecule has 1 aliphatic rings. The van der Waals surface area contributed by atoms with Gasteiger partial charge in [-0.3, -0.25) is 11.3 Å². The van der Waals surface area contributed by atoms with Gasteiger partial charge in [0.05, 0.1) is 7.11 Å². The van der Waals surface area contributed by atoms with Crippen LogP contribution < -0.4 is 16.0 Å². The third-order valence-electron chi connectivity index (χ3n) is 4.69. The van der Waals surface area contributed by atoms with Crippen molar-refractivity contribution in [3.8, 4) is 5.75 Å². The lowest BCUT2D eigenvalue weighted by molar-refractivity contribution is 0.215. The quantitative estimate of drug-likeness (QED) is 0.613. The maximum Gasteiger partial charge on any atom is 0.119 e. The lowest BCUT2D eigenvalue weighted by atomic mass is 9.75. The topological polar surface area (TPSA) is 47.3 Å². The van der Waals surface area contributed by atoms with Crippen LogP contribution in [-0.4, -0.2) is 7.11 Å². The van der Waals surface area contributed by atoms with Gasteiger partial charge in [0.25, 0.3) is 0 Å². The zero-order valence-corrected chi connectivity index (χ0v) is 12.8. The molecule has 20 heavy (non-hydrogen) atoms. The fraction of sp³-hybridized carbons (Fsp3) is 0.647. The van der Waals surface area contributed by atoms with Crippen molar-refractivity contribution in [1.82, 2.24) is 5.43 Å². The van der Waals surface area contributed by atoms with Crippen molar-refractivity contribution in [2.45, 2.75) is 51.5 Å². The predicted octanol–water partition coefficient (Wildman–Crippen LogP) is 3.81. The summed E-state index contributed by atoms with van der Waals surface area (Å²) in [5, 5.41) is 0. The van der Waals surface area contributed by atoms with Crippen LogP contribution in [-0.2, 0) is 0 Å². The molecule has 0 spiro atoms. The van der Waals surface area contributed by atoms with E-state index in [9.17, 15) is 0 Å². The third kappa shape index (κ3) is 3.74. The Morgan fingerprint density at radius 3 is 2.65 bits per heavy atom. The van der Waals surface area contributed by atoms with E-state index in [0.717, 1.165) is 11.7 Å². The average Bonchev–Trinajstić information content (AvgIpc) is 2.50. The van der Waals surface area contributed by atoms with E-state index in [1.807, 2.05) is 12.1 Å². The van der Waals surface area contributed by atoms with Crippen LogP contribution in [0.15, 0.2) is 24.3 Å². The number of nitrogens with two attached hydrogens (primary N) is 1. The molecule has 1 atom stereocenters. The minimum atomic E-state index is 0.243. The van der Waals surface area contributed by atoms with Gasteiger partial charge in [-0.15, -0.1) is 0 Å². The molecule has 1 aromatic carbocycles. The van der Waals surface area contributed by atoms with Crippen LogP contribution >= 0.6 is 0 Å². The highest BCUT2D eigenvalue weighted by Crippen LogP contribution is 2.38. The monoisotopic (exact) mass is 276 g/mol. The zero-order valence-electron chi connectivity index (χ0n) is 12.8. The molecule has 1 aromatic rings. The van der Waals surface area contributed by atoms with Gasteiger partial charge >= 0.3 is 0 Å². The first-order chi connectivity index (χ1) is 9.78. The Labute approximate surface area is 122 Å². The van der Waals surface area contributed by atoms with E-state index in [2.05, 4.69) is 24.5 Å². The first-order valence-corrected chi connectivity index (χ1v) is 7.88. The first kappa shape index (κ1) is 15.3. The number of hydrogen-bond donors (Lipinski definition) is 2. The summed E-state index contributed by atoms with van der Waals surface area (Å²) in [4.78, 5) is 0. The van der Waals surface area contributed by atoms with Crippen molar-refractivity contribution in [2.24, 2.45) is 17.7 Å². The van der Waals surface area contributed by atoms with Gasteiger partial charge in [-0.25, -0.2) is 0 Å². The molecule has 2 rings (SSSR count). The Balaban J connectivity index is 2.01. The number of rotatable bonds is 6. The molecule has 112 valence electrons. The minimum Gasteiger partial charge on any atom is -0.497 e. The van der Waals surface area contributed by atoms with Gasteiger partial charge in [0.2, 0.25) is 0 Å². The van der Waals surface area contributed by atoms with Gasteiger partial charge in [0, 0.05) is 6.04 Å². The molecule has 0 aromatic heterocycles. The molecule has 0 saturated heterocycles. The summed E-state index contributed by atoms with van der Waals surface area (Å²) in [5.41, 5.74) is 4.27. The van der Waals surface area contributed by atoms with Crippen LogP contribution in [0.5, 0.6) is 5.75 Å². The summed E-state index contributed by atoms with van der Waals surface area (Å²) in [6, 6.07) is 8.51. The molecule has 3 N–H and O–H groups in total. The van der Waals surface area contributed by atoms with Crippen molar-refractivity contribution in [3.05, 3.63) is 29.8 Å². The Kier molecular flexibility index (Phi) is 5.86. The largest absolute Gasteiger partial charge is 0.497 e. The highest BCUT2D eigenvalue weighted by molar-refractivity contribution is 5.30. The Morgan fingerprint density at radius 2 is 2.05 bits per heavy atom. The molecule has 1 unspecified atom stereocenters. The van der Waals surface area contributed by atoms with E-state index in [0.29, 0.717) is 5.92 Å². The summed E-state index contributed by atoms with van der Waals surface area (Å²) in [7, 11) is 1.71. The lowest BCUT2D eigenvalue weighted by Gasteiger charge is -2.34. The molecule has 0 heterocycles. The van der Waals surface area contributed by atoms with Crippen molar-refractivity contribution >= 4 is 0 Å². The molecule has 0 aliphatic heterocycles. The third-order valence-corrected chi connectivity index (χ3v) is 4.69. The molecule has 0 bridgehead atoms. The van der Waals surface area contributed by atoms with E-state index < -0.39 is 0 Å². The van der Waals surface area contributed by atoms with Crippen LogP contribution in [0.3, 0.4) is 0 Å². The second kappa shape index (κ2) is 7.65. The molecule has 3 heteroatoms. The number of hydrazine groups is 1. The Morgan fingerprint density at radius 1 is 1.30 bits per heavy atom. The van der Waals surface area contributed by atoms with Gasteiger partial charge in [-0.05, 0) is 42.4 Å². The lowest BCUT2D eigenvalue weighted by Crippen LogP contribution is -2.35. The summed E-state index contributed by atoms with van der Waals surface area (Å²) in [6.07, 6.45) is 7.94. The van der Waals surface area contributed by atoms with Crippen LogP contribution in [0.1, 0.15) is 57.1 Å². The standard InChI is InChI=1S/C17H28N2O/c1-3-5-13-8-10-14(11-9-13)17(19-18)15-6-4-7-16(12-15)20-2/h4,6-7,12-14,17,19H,3,5,8-11,18H2,1-2H3. The first-order valence-electron chi connectivity index (χ1n) is 7.88. The highest BCUT2D eigenvalue weighted by atomic mass is 16.5. The molecular formula is C17H28N2O. The number of hydrogen-bond acceptors (Lipinski definition) is 3. The zero-order chi connectivity index (χ0) is 14.4. The summed E-state index contributed by atoms with van der Waals surface area (Å²) >= 11 is 0. The number of nitrogens with one attached hydrogen (secondary N) is 1. The van der Waals surface area contributed by atoms with Gasteiger partial charge in [0.1, 0.15) is 5.75 Å². The summed E-state index contributed by atoms with van der Waals surface area (Å²) in [5.74, 6) is 8.30. The second-order valence-electron chi connectivity index (χ2n) is 5.99. The number of benzene rings is 1. The van der Waals surface area contributed by atoms with Crippen LogP contribution in [0.2, 0.25) is 0 Å². The van der Waals surface area contributed by atoms with Crippen molar-refractivity contribution in [3.63, 3.8) is 0 Å². The molecular weight excluding hydrogens is 248 g/mol. The van der Waals surface area contributed by atoms with E-state index >= 15 is 0 Å². The molecule has 0 radical (unpaired) electrons.